The zero-order valence-corrected chi connectivity index (χ0v) is 15.3. The molecule has 4 aliphatic rings. The predicted molar refractivity (Wildman–Crippen MR) is 72.7 cm³/mol. The summed E-state index contributed by atoms with van der Waals surface area (Å²) in [4.78, 5) is 2.76. The number of nitrogens with zero attached hydrogens (tertiary/aromatic N) is 3. The molecule has 1 unspecified atom stereocenters. The first-order valence-corrected chi connectivity index (χ1v) is 8.92. The maximum atomic E-state index is 11.2. The molecule has 112 valence electrons. The van der Waals surface area contributed by atoms with Crippen LogP contribution in [0.2, 0.25) is 0 Å². The number of azide groups is 1. The van der Waals surface area contributed by atoms with E-state index in [1.165, 1.54) is 19.3 Å². The molecule has 0 aliphatic heterocycles. The molecule has 4 fully saturated rings. The van der Waals surface area contributed by atoms with Crippen molar-refractivity contribution in [3.8, 4) is 0 Å². The zero-order chi connectivity index (χ0) is 14.4. The third kappa shape index (κ3) is 3.77. The van der Waals surface area contributed by atoms with Crippen LogP contribution >= 0.6 is 0 Å². The summed E-state index contributed by atoms with van der Waals surface area (Å²) in [6, 6.07) is 0. The van der Waals surface area contributed by atoms with Gasteiger partial charge in [0.25, 0.3) is 0 Å². The molecule has 0 saturated heterocycles. The van der Waals surface area contributed by atoms with Crippen LogP contribution in [0.5, 0.6) is 0 Å². The summed E-state index contributed by atoms with van der Waals surface area (Å²) in [5, 5.41) is 3.59. The van der Waals surface area contributed by atoms with Gasteiger partial charge in [-0.15, -0.1) is 0 Å². The fourth-order valence-electron chi connectivity index (χ4n) is 5.48. The topological polar surface area (TPSA) is 106 Å². The molecule has 4 aliphatic carbocycles. The second kappa shape index (κ2) is 6.38. The van der Waals surface area contributed by atoms with Gasteiger partial charge in [-0.1, -0.05) is 5.11 Å². The first-order chi connectivity index (χ1) is 9.40. The Morgan fingerprint density at radius 3 is 2.05 bits per heavy atom. The van der Waals surface area contributed by atoms with Crippen molar-refractivity contribution in [1.29, 1.82) is 0 Å². The summed E-state index contributed by atoms with van der Waals surface area (Å²) < 4.78 is 33.6. The molecule has 4 bridgehead atoms. The molecule has 0 aromatic carbocycles. The maximum absolute atomic E-state index is 11.2. The second-order valence-corrected chi connectivity index (χ2v) is 8.56. The van der Waals surface area contributed by atoms with Crippen molar-refractivity contribution in [2.24, 2.45) is 34.2 Å². The summed E-state index contributed by atoms with van der Waals surface area (Å²) in [6.07, 6.45) is 6.83. The summed E-state index contributed by atoms with van der Waals surface area (Å²) in [5.41, 5.74) is 8.46. The third-order valence-electron chi connectivity index (χ3n) is 5.72. The SMILES string of the molecule is [N-]=[N+]=NCC(CS(=O)(=O)[O-])C12CC3CC(CC(C3)C1)C2.[Na+]. The van der Waals surface area contributed by atoms with Gasteiger partial charge in [-0.25, -0.2) is 8.42 Å². The van der Waals surface area contributed by atoms with Crippen molar-refractivity contribution in [1.82, 2.24) is 0 Å². The number of rotatable bonds is 5. The molecule has 1 atom stereocenters. The molecule has 6 nitrogen and oxygen atoms in total. The van der Waals surface area contributed by atoms with Crippen LogP contribution in [-0.4, -0.2) is 25.3 Å². The summed E-state index contributed by atoms with van der Waals surface area (Å²) in [5.74, 6) is 1.38. The van der Waals surface area contributed by atoms with Crippen molar-refractivity contribution in [2.75, 3.05) is 12.3 Å². The Morgan fingerprint density at radius 1 is 1.19 bits per heavy atom. The summed E-state index contributed by atoms with van der Waals surface area (Å²) in [7, 11) is -4.28. The molecule has 0 N–H and O–H groups in total. The first-order valence-electron chi connectivity index (χ1n) is 7.34. The van der Waals surface area contributed by atoms with Crippen LogP contribution in [0, 0.1) is 29.1 Å². The molecular weight excluding hydrogens is 301 g/mol. The Morgan fingerprint density at radius 2 is 1.67 bits per heavy atom. The van der Waals surface area contributed by atoms with E-state index >= 15 is 0 Å². The minimum Gasteiger partial charge on any atom is -0.748 e. The Kier molecular flexibility index (Phi) is 5.34. The normalized spacial score (nSPS) is 38.4. The van der Waals surface area contributed by atoms with Crippen molar-refractivity contribution in [3.63, 3.8) is 0 Å². The fraction of sp³-hybridized carbons (Fsp3) is 1.00. The molecule has 0 spiro atoms. The van der Waals surface area contributed by atoms with Crippen LogP contribution in [-0.2, 0) is 10.1 Å². The van der Waals surface area contributed by atoms with E-state index in [2.05, 4.69) is 10.0 Å². The van der Waals surface area contributed by atoms with Gasteiger partial charge in [0.2, 0.25) is 0 Å². The molecule has 0 aromatic rings. The van der Waals surface area contributed by atoms with Crippen LogP contribution in [0.15, 0.2) is 5.11 Å². The van der Waals surface area contributed by atoms with Gasteiger partial charge in [0.1, 0.15) is 0 Å². The quantitative estimate of drug-likeness (QED) is 0.228. The second-order valence-electron chi connectivity index (χ2n) is 7.11. The zero-order valence-electron chi connectivity index (χ0n) is 12.4. The molecule has 0 radical (unpaired) electrons. The van der Waals surface area contributed by atoms with Crippen molar-refractivity contribution >= 4 is 10.1 Å². The number of hydrogen-bond acceptors (Lipinski definition) is 4. The van der Waals surface area contributed by atoms with Crippen LogP contribution in [0.3, 0.4) is 0 Å². The van der Waals surface area contributed by atoms with Gasteiger partial charge in [-0.05, 0) is 73.1 Å². The molecule has 0 amide bonds. The van der Waals surface area contributed by atoms with Crippen LogP contribution < -0.4 is 29.6 Å². The van der Waals surface area contributed by atoms with E-state index in [4.69, 9.17) is 5.53 Å². The minimum absolute atomic E-state index is 0. The van der Waals surface area contributed by atoms with Crippen molar-refractivity contribution < 1.29 is 42.5 Å². The van der Waals surface area contributed by atoms with Crippen molar-refractivity contribution in [2.45, 2.75) is 38.5 Å². The van der Waals surface area contributed by atoms with E-state index in [-0.39, 0.29) is 53.2 Å². The van der Waals surface area contributed by atoms with Crippen LogP contribution in [0.4, 0.5) is 0 Å². The van der Waals surface area contributed by atoms with Gasteiger partial charge < -0.3 is 4.55 Å². The van der Waals surface area contributed by atoms with Gasteiger partial charge in [0.05, 0.1) is 10.1 Å². The molecule has 21 heavy (non-hydrogen) atoms. The van der Waals surface area contributed by atoms with Crippen molar-refractivity contribution in [3.05, 3.63) is 10.4 Å². The van der Waals surface area contributed by atoms with Gasteiger partial charge in [0, 0.05) is 17.2 Å². The molecule has 8 heteroatoms. The Labute approximate surface area is 147 Å². The molecule has 0 heterocycles. The third-order valence-corrected chi connectivity index (χ3v) is 6.53. The van der Waals surface area contributed by atoms with Gasteiger partial charge in [-0.3, -0.25) is 0 Å². The standard InChI is InChI=1S/C13H21N3O3S.Na/c14-16-15-7-12(8-20(17,18)19)13-4-9-1-10(5-13)3-11(2-9)6-13;/h9-12H,1-8H2,(H,17,18,19);/q;+1/p-1. The monoisotopic (exact) mass is 321 g/mol. The van der Waals surface area contributed by atoms with E-state index in [9.17, 15) is 13.0 Å². The maximum Gasteiger partial charge on any atom is 1.00 e. The molecular formula is C13H20N3NaO3S. The largest absolute Gasteiger partial charge is 1.00 e. The van der Waals surface area contributed by atoms with Gasteiger partial charge in [-0.2, -0.15) is 0 Å². The summed E-state index contributed by atoms with van der Waals surface area (Å²) >= 11 is 0. The molecule has 4 rings (SSSR count). The smallest absolute Gasteiger partial charge is 0.748 e. The van der Waals surface area contributed by atoms with E-state index in [0.717, 1.165) is 19.3 Å². The van der Waals surface area contributed by atoms with E-state index in [0.29, 0.717) is 17.8 Å². The van der Waals surface area contributed by atoms with Gasteiger partial charge >= 0.3 is 29.6 Å². The predicted octanol–water partition coefficient (Wildman–Crippen LogP) is -0.321. The summed E-state index contributed by atoms with van der Waals surface area (Å²) in [6.45, 7) is 0.143. The Bertz CT molecular complexity index is 510. The molecule has 0 aromatic heterocycles. The number of hydrogen-bond donors (Lipinski definition) is 0. The Hall–Kier alpha value is 0.220. The Balaban J connectivity index is 0.00000161. The van der Waals surface area contributed by atoms with Crippen LogP contribution in [0.1, 0.15) is 38.5 Å². The average molecular weight is 321 g/mol. The van der Waals surface area contributed by atoms with E-state index in [1.54, 1.807) is 0 Å². The minimum atomic E-state index is -4.28. The van der Waals surface area contributed by atoms with E-state index < -0.39 is 10.1 Å². The first kappa shape index (κ1) is 17.6. The molecule has 4 saturated carbocycles. The van der Waals surface area contributed by atoms with Gasteiger partial charge in [0.15, 0.2) is 0 Å². The fourth-order valence-corrected chi connectivity index (χ4v) is 6.43. The average Bonchev–Trinajstić information content (AvgIpc) is 2.31. The van der Waals surface area contributed by atoms with Crippen LogP contribution in [0.25, 0.3) is 10.4 Å². The van der Waals surface area contributed by atoms with E-state index in [1.807, 2.05) is 0 Å².